The van der Waals surface area contributed by atoms with E-state index in [2.05, 4.69) is 5.32 Å². The lowest BCUT2D eigenvalue weighted by Gasteiger charge is -2.11. The minimum Gasteiger partial charge on any atom is -0.328 e. The molecule has 1 aliphatic heterocycles. The number of hydrogen-bond acceptors (Lipinski definition) is 2. The van der Waals surface area contributed by atoms with Crippen molar-refractivity contribution in [3.05, 3.63) is 40.5 Å². The van der Waals surface area contributed by atoms with E-state index < -0.39 is 0 Å². The average Bonchev–Trinajstić information content (AvgIpc) is 2.60. The first-order chi connectivity index (χ1) is 8.63. The number of carbonyl (C=O) groups excluding carboxylic acids is 1. The highest BCUT2D eigenvalue weighted by Crippen LogP contribution is 2.20. The number of nitrogens with zero attached hydrogens (tertiary/aromatic N) is 1. The molecule has 0 aliphatic carbocycles. The molecule has 1 N–H and O–H groups in total. The maximum atomic E-state index is 12.1. The highest BCUT2D eigenvalue weighted by molar-refractivity contribution is 7.80. The fraction of sp³-hybridized carbons (Fsp3) is 0.231. The van der Waals surface area contributed by atoms with Crippen LogP contribution in [-0.4, -0.2) is 22.5 Å². The van der Waals surface area contributed by atoms with Crippen LogP contribution in [0.15, 0.2) is 30.0 Å². The lowest BCUT2D eigenvalue weighted by molar-refractivity contribution is -0.122. The number of benzene rings is 1. The van der Waals surface area contributed by atoms with E-state index in [0.29, 0.717) is 22.4 Å². The summed E-state index contributed by atoms with van der Waals surface area (Å²) in [6.07, 6.45) is 2.60. The molecule has 1 aromatic rings. The molecule has 1 amide bonds. The van der Waals surface area contributed by atoms with Crippen LogP contribution in [0.4, 0.5) is 0 Å². The molecule has 0 spiro atoms. The lowest BCUT2D eigenvalue weighted by atomic mass is 10.2. The average molecular weight is 281 g/mol. The molecule has 1 saturated heterocycles. The van der Waals surface area contributed by atoms with Crippen LogP contribution in [0, 0.1) is 0 Å². The Morgan fingerprint density at radius 1 is 1.44 bits per heavy atom. The highest BCUT2D eigenvalue weighted by atomic mass is 35.5. The number of carbonyl (C=O) groups is 1. The molecule has 18 heavy (non-hydrogen) atoms. The summed E-state index contributed by atoms with van der Waals surface area (Å²) in [6.45, 7) is 2.64. The summed E-state index contributed by atoms with van der Waals surface area (Å²) in [5.41, 5.74) is 1.28. The molecular weight excluding hydrogens is 268 g/mol. The predicted molar refractivity (Wildman–Crippen MR) is 77.2 cm³/mol. The van der Waals surface area contributed by atoms with Crippen LogP contribution in [0.5, 0.6) is 0 Å². The van der Waals surface area contributed by atoms with Crippen LogP contribution in [-0.2, 0) is 4.79 Å². The summed E-state index contributed by atoms with van der Waals surface area (Å²) in [5.74, 6) is -0.0956. The van der Waals surface area contributed by atoms with Crippen LogP contribution in [0.25, 0.3) is 6.08 Å². The van der Waals surface area contributed by atoms with Crippen molar-refractivity contribution in [3.63, 3.8) is 0 Å². The van der Waals surface area contributed by atoms with Gasteiger partial charge in [-0.05, 0) is 36.3 Å². The topological polar surface area (TPSA) is 32.3 Å². The van der Waals surface area contributed by atoms with Crippen molar-refractivity contribution in [2.45, 2.75) is 13.3 Å². The van der Waals surface area contributed by atoms with Gasteiger partial charge in [0.15, 0.2) is 5.11 Å². The normalized spacial score (nSPS) is 17.4. The van der Waals surface area contributed by atoms with E-state index >= 15 is 0 Å². The van der Waals surface area contributed by atoms with Gasteiger partial charge in [-0.2, -0.15) is 0 Å². The van der Waals surface area contributed by atoms with E-state index in [1.807, 2.05) is 25.1 Å². The third kappa shape index (κ3) is 2.54. The lowest BCUT2D eigenvalue weighted by Crippen LogP contribution is -2.31. The summed E-state index contributed by atoms with van der Waals surface area (Å²) in [4.78, 5) is 13.7. The third-order valence-corrected chi connectivity index (χ3v) is 3.28. The Labute approximate surface area is 116 Å². The summed E-state index contributed by atoms with van der Waals surface area (Å²) in [5, 5.41) is 3.99. The van der Waals surface area contributed by atoms with E-state index in [1.165, 1.54) is 0 Å². The van der Waals surface area contributed by atoms with Gasteiger partial charge in [-0.15, -0.1) is 0 Å². The zero-order chi connectivity index (χ0) is 13.1. The second-order valence-electron chi connectivity index (χ2n) is 3.97. The molecular formula is C13H13ClN2OS. The third-order valence-electron chi connectivity index (χ3n) is 2.61. The first-order valence-corrected chi connectivity index (χ1v) is 6.51. The van der Waals surface area contributed by atoms with Gasteiger partial charge >= 0.3 is 0 Å². The molecule has 0 radical (unpaired) electrons. The largest absolute Gasteiger partial charge is 0.328 e. The molecule has 1 fully saturated rings. The standard InChI is InChI=1S/C13H13ClN2OS/c1-2-7-16-12(17)11(15-13(16)18)8-9-5-3-4-6-10(9)14/h3-6,8H,2,7H2,1H3,(H,15,18)/b11-8-. The number of thiocarbonyl (C=S) groups is 1. The molecule has 0 aromatic heterocycles. The molecule has 3 nitrogen and oxygen atoms in total. The Morgan fingerprint density at radius 2 is 2.17 bits per heavy atom. The Balaban J connectivity index is 2.28. The SMILES string of the molecule is CCCN1C(=O)/C(=C/c2ccccc2Cl)NC1=S. The maximum absolute atomic E-state index is 12.1. The Bertz CT molecular complexity index is 527. The summed E-state index contributed by atoms with van der Waals surface area (Å²) >= 11 is 11.2. The van der Waals surface area contributed by atoms with Gasteiger partial charge in [0.05, 0.1) is 0 Å². The zero-order valence-corrected chi connectivity index (χ0v) is 11.5. The Hall–Kier alpha value is -1.39. The van der Waals surface area contributed by atoms with Gasteiger partial charge in [0, 0.05) is 11.6 Å². The van der Waals surface area contributed by atoms with Gasteiger partial charge < -0.3 is 5.32 Å². The first-order valence-electron chi connectivity index (χ1n) is 5.72. The molecule has 94 valence electrons. The molecule has 1 aromatic carbocycles. The predicted octanol–water partition coefficient (Wildman–Crippen LogP) is 2.81. The van der Waals surface area contributed by atoms with E-state index in [-0.39, 0.29) is 5.91 Å². The molecule has 0 bridgehead atoms. The molecule has 0 saturated carbocycles. The number of halogens is 1. The maximum Gasteiger partial charge on any atom is 0.276 e. The van der Waals surface area contributed by atoms with Crippen LogP contribution < -0.4 is 5.32 Å². The zero-order valence-electron chi connectivity index (χ0n) is 9.94. The minimum atomic E-state index is -0.0956. The number of rotatable bonds is 3. The smallest absolute Gasteiger partial charge is 0.276 e. The van der Waals surface area contributed by atoms with Crippen molar-refractivity contribution in [1.82, 2.24) is 10.2 Å². The van der Waals surface area contributed by atoms with Crippen LogP contribution in [0.1, 0.15) is 18.9 Å². The van der Waals surface area contributed by atoms with E-state index in [1.54, 1.807) is 17.0 Å². The molecule has 1 heterocycles. The second-order valence-corrected chi connectivity index (χ2v) is 4.76. The number of amides is 1. The molecule has 0 unspecified atom stereocenters. The quantitative estimate of drug-likeness (QED) is 0.683. The van der Waals surface area contributed by atoms with Crippen molar-refractivity contribution < 1.29 is 4.79 Å². The van der Waals surface area contributed by atoms with Crippen molar-refractivity contribution in [3.8, 4) is 0 Å². The van der Waals surface area contributed by atoms with Gasteiger partial charge in [0.2, 0.25) is 0 Å². The van der Waals surface area contributed by atoms with Gasteiger partial charge in [0.25, 0.3) is 5.91 Å². The first kappa shape index (κ1) is 13.1. The fourth-order valence-corrected chi connectivity index (χ4v) is 2.22. The molecule has 0 atom stereocenters. The number of nitrogens with one attached hydrogen (secondary N) is 1. The summed E-state index contributed by atoms with van der Waals surface area (Å²) in [6, 6.07) is 7.37. The molecule has 2 rings (SSSR count). The van der Waals surface area contributed by atoms with Crippen LogP contribution in [0.3, 0.4) is 0 Å². The fourth-order valence-electron chi connectivity index (χ4n) is 1.75. The van der Waals surface area contributed by atoms with Gasteiger partial charge in [-0.3, -0.25) is 9.69 Å². The molecule has 5 heteroatoms. The summed E-state index contributed by atoms with van der Waals surface area (Å²) < 4.78 is 0. The Morgan fingerprint density at radius 3 is 2.83 bits per heavy atom. The highest BCUT2D eigenvalue weighted by Gasteiger charge is 2.29. The van der Waals surface area contributed by atoms with Crippen molar-refractivity contribution in [1.29, 1.82) is 0 Å². The Kier molecular flexibility index (Phi) is 3.99. The van der Waals surface area contributed by atoms with E-state index in [0.717, 1.165) is 12.0 Å². The van der Waals surface area contributed by atoms with Gasteiger partial charge in [0.1, 0.15) is 5.70 Å². The van der Waals surface area contributed by atoms with E-state index in [4.69, 9.17) is 23.8 Å². The molecule has 1 aliphatic rings. The van der Waals surface area contributed by atoms with E-state index in [9.17, 15) is 4.79 Å². The van der Waals surface area contributed by atoms with Crippen molar-refractivity contribution in [2.75, 3.05) is 6.54 Å². The number of hydrogen-bond donors (Lipinski definition) is 1. The van der Waals surface area contributed by atoms with Crippen LogP contribution in [0.2, 0.25) is 5.02 Å². The minimum absolute atomic E-state index is 0.0956. The van der Waals surface area contributed by atoms with Crippen LogP contribution >= 0.6 is 23.8 Å². The summed E-state index contributed by atoms with van der Waals surface area (Å²) in [7, 11) is 0. The van der Waals surface area contributed by atoms with Gasteiger partial charge in [-0.25, -0.2) is 0 Å². The van der Waals surface area contributed by atoms with Gasteiger partial charge in [-0.1, -0.05) is 36.7 Å². The van der Waals surface area contributed by atoms with Crippen molar-refractivity contribution >= 4 is 40.9 Å². The monoisotopic (exact) mass is 280 g/mol. The van der Waals surface area contributed by atoms with Crippen molar-refractivity contribution in [2.24, 2.45) is 0 Å². The second kappa shape index (κ2) is 5.50.